The van der Waals surface area contributed by atoms with E-state index in [1.54, 1.807) is 0 Å². The van der Waals surface area contributed by atoms with Gasteiger partial charge in [-0.2, -0.15) is 0 Å². The lowest BCUT2D eigenvalue weighted by Crippen LogP contribution is -2.45. The van der Waals surface area contributed by atoms with Crippen LogP contribution in [0, 0.1) is 13.8 Å². The zero-order chi connectivity index (χ0) is 13.4. The third-order valence-electron chi connectivity index (χ3n) is 5.28. The Labute approximate surface area is 117 Å². The summed E-state index contributed by atoms with van der Waals surface area (Å²) in [7, 11) is 2.16. The second-order valence-corrected chi connectivity index (χ2v) is 6.39. The van der Waals surface area contributed by atoms with Gasteiger partial charge < -0.3 is 14.8 Å². The van der Waals surface area contributed by atoms with Crippen LogP contribution in [-0.4, -0.2) is 34.6 Å². The molecule has 0 saturated carbocycles. The Bertz CT molecular complexity index is 449. The summed E-state index contributed by atoms with van der Waals surface area (Å²) in [5.41, 5.74) is 4.23. The molecule has 2 saturated heterocycles. The van der Waals surface area contributed by atoms with Crippen molar-refractivity contribution in [2.45, 2.75) is 58.2 Å². The summed E-state index contributed by atoms with van der Waals surface area (Å²) in [5, 5.41) is 3.79. The molecule has 0 amide bonds. The fourth-order valence-electron chi connectivity index (χ4n) is 3.78. The van der Waals surface area contributed by atoms with Crippen LogP contribution in [0.4, 0.5) is 0 Å². The van der Waals surface area contributed by atoms with Crippen LogP contribution >= 0.6 is 0 Å². The number of aryl methyl sites for hydroxylation is 1. The average molecular weight is 261 g/mol. The number of fused-ring (bicyclic) bond motifs is 1. The molecule has 3 nitrogen and oxygen atoms in total. The van der Waals surface area contributed by atoms with Crippen molar-refractivity contribution in [2.24, 2.45) is 7.05 Å². The van der Waals surface area contributed by atoms with Crippen LogP contribution in [0.5, 0.6) is 0 Å². The first kappa shape index (κ1) is 13.2. The van der Waals surface area contributed by atoms with Crippen molar-refractivity contribution < 1.29 is 0 Å². The molecule has 0 spiro atoms. The Morgan fingerprint density at radius 3 is 2.84 bits per heavy atom. The van der Waals surface area contributed by atoms with E-state index >= 15 is 0 Å². The summed E-state index contributed by atoms with van der Waals surface area (Å²) in [5.74, 6) is 0. The number of piperidine rings is 1. The van der Waals surface area contributed by atoms with Gasteiger partial charge in [-0.3, -0.25) is 0 Å². The molecule has 2 aliphatic rings. The summed E-state index contributed by atoms with van der Waals surface area (Å²) in [6, 6.07) is 3.91. The molecule has 1 N–H and O–H groups in total. The summed E-state index contributed by atoms with van der Waals surface area (Å²) >= 11 is 0. The van der Waals surface area contributed by atoms with E-state index < -0.39 is 0 Å². The third kappa shape index (κ3) is 2.59. The lowest BCUT2D eigenvalue weighted by molar-refractivity contribution is 0.166. The summed E-state index contributed by atoms with van der Waals surface area (Å²) in [4.78, 5) is 2.69. The van der Waals surface area contributed by atoms with Gasteiger partial charge in [0.2, 0.25) is 0 Å². The van der Waals surface area contributed by atoms with E-state index in [0.29, 0.717) is 0 Å². The van der Waals surface area contributed by atoms with Crippen LogP contribution in [0.15, 0.2) is 6.07 Å². The van der Waals surface area contributed by atoms with Crippen molar-refractivity contribution in [1.29, 1.82) is 0 Å². The SMILES string of the molecule is Cc1cc(CNC2CCN3CCCC3C2)c(C)n1C. The Hall–Kier alpha value is -0.800. The molecule has 3 rings (SSSR count). The number of nitrogens with one attached hydrogen (secondary N) is 1. The van der Waals surface area contributed by atoms with Gasteiger partial charge in [-0.1, -0.05) is 0 Å². The predicted octanol–water partition coefficient (Wildman–Crippen LogP) is 2.36. The molecule has 0 aliphatic carbocycles. The number of rotatable bonds is 3. The van der Waals surface area contributed by atoms with Gasteiger partial charge in [-0.15, -0.1) is 0 Å². The Morgan fingerprint density at radius 2 is 2.11 bits per heavy atom. The van der Waals surface area contributed by atoms with Crippen molar-refractivity contribution in [3.8, 4) is 0 Å². The molecular weight excluding hydrogens is 234 g/mol. The van der Waals surface area contributed by atoms with Crippen LogP contribution < -0.4 is 5.32 Å². The van der Waals surface area contributed by atoms with Crippen LogP contribution in [0.2, 0.25) is 0 Å². The van der Waals surface area contributed by atoms with Crippen molar-refractivity contribution in [3.05, 3.63) is 23.0 Å². The first-order valence-electron chi connectivity index (χ1n) is 7.74. The maximum atomic E-state index is 3.79. The van der Waals surface area contributed by atoms with Gasteiger partial charge in [-0.25, -0.2) is 0 Å². The average Bonchev–Trinajstić information content (AvgIpc) is 2.96. The number of nitrogens with zero attached hydrogens (tertiary/aromatic N) is 2. The van der Waals surface area contributed by atoms with E-state index in [9.17, 15) is 0 Å². The van der Waals surface area contributed by atoms with Crippen LogP contribution in [-0.2, 0) is 13.6 Å². The maximum Gasteiger partial charge on any atom is 0.0225 e. The predicted molar refractivity (Wildman–Crippen MR) is 79.3 cm³/mol. The highest BCUT2D eigenvalue weighted by Gasteiger charge is 2.31. The van der Waals surface area contributed by atoms with E-state index in [2.05, 4.69) is 41.7 Å². The molecule has 3 heteroatoms. The van der Waals surface area contributed by atoms with Crippen molar-refractivity contribution >= 4 is 0 Å². The lowest BCUT2D eigenvalue weighted by Gasteiger charge is -2.35. The zero-order valence-electron chi connectivity index (χ0n) is 12.6. The first-order chi connectivity index (χ1) is 9.15. The minimum absolute atomic E-state index is 0.722. The van der Waals surface area contributed by atoms with Crippen LogP contribution in [0.1, 0.15) is 42.6 Å². The van der Waals surface area contributed by atoms with Crippen molar-refractivity contribution in [1.82, 2.24) is 14.8 Å². The third-order valence-corrected chi connectivity index (χ3v) is 5.28. The number of hydrogen-bond donors (Lipinski definition) is 1. The van der Waals surface area contributed by atoms with E-state index in [-0.39, 0.29) is 0 Å². The second-order valence-electron chi connectivity index (χ2n) is 6.39. The molecule has 2 aliphatic heterocycles. The van der Waals surface area contributed by atoms with Crippen molar-refractivity contribution in [2.75, 3.05) is 13.1 Å². The smallest absolute Gasteiger partial charge is 0.0225 e. The fraction of sp³-hybridized carbons (Fsp3) is 0.750. The maximum absolute atomic E-state index is 3.79. The van der Waals surface area contributed by atoms with E-state index in [4.69, 9.17) is 0 Å². The van der Waals surface area contributed by atoms with Crippen molar-refractivity contribution in [3.63, 3.8) is 0 Å². The number of aromatic nitrogens is 1. The Kier molecular flexibility index (Phi) is 3.68. The monoisotopic (exact) mass is 261 g/mol. The minimum atomic E-state index is 0.722. The first-order valence-corrected chi connectivity index (χ1v) is 7.74. The second kappa shape index (κ2) is 5.29. The highest BCUT2D eigenvalue weighted by molar-refractivity contribution is 5.26. The fourth-order valence-corrected chi connectivity index (χ4v) is 3.78. The normalized spacial score (nSPS) is 27.7. The standard InChI is InChI=1S/C16H27N3/c1-12-9-14(13(2)18(12)3)11-17-15-6-8-19-7-4-5-16(19)10-15/h9,15-17H,4-8,10-11H2,1-3H3. The highest BCUT2D eigenvalue weighted by Crippen LogP contribution is 2.27. The van der Waals surface area contributed by atoms with Gasteiger partial charge >= 0.3 is 0 Å². The Balaban J connectivity index is 1.56. The molecule has 0 aromatic carbocycles. The van der Waals surface area contributed by atoms with Gasteiger partial charge in [0.05, 0.1) is 0 Å². The van der Waals surface area contributed by atoms with Gasteiger partial charge in [0.1, 0.15) is 0 Å². The summed E-state index contributed by atoms with van der Waals surface area (Å²) in [6.07, 6.45) is 5.50. The molecule has 0 bridgehead atoms. The van der Waals surface area contributed by atoms with Gasteiger partial charge in [0.25, 0.3) is 0 Å². The van der Waals surface area contributed by atoms with Gasteiger partial charge in [-0.05, 0) is 64.3 Å². The quantitative estimate of drug-likeness (QED) is 0.901. The molecule has 1 aromatic rings. The number of hydrogen-bond acceptors (Lipinski definition) is 2. The molecule has 0 radical (unpaired) electrons. The molecule has 1 aromatic heterocycles. The molecular formula is C16H27N3. The molecule has 2 unspecified atom stereocenters. The van der Waals surface area contributed by atoms with Crippen LogP contribution in [0.3, 0.4) is 0 Å². The Morgan fingerprint density at radius 1 is 1.26 bits per heavy atom. The van der Waals surface area contributed by atoms with E-state index in [1.807, 2.05) is 0 Å². The van der Waals surface area contributed by atoms with Gasteiger partial charge in [0, 0.05) is 37.1 Å². The molecule has 106 valence electrons. The lowest BCUT2D eigenvalue weighted by atomic mass is 9.97. The largest absolute Gasteiger partial charge is 0.352 e. The molecule has 2 atom stereocenters. The summed E-state index contributed by atoms with van der Waals surface area (Å²) < 4.78 is 2.29. The van der Waals surface area contributed by atoms with E-state index in [0.717, 1.165) is 18.6 Å². The highest BCUT2D eigenvalue weighted by atomic mass is 15.2. The molecule has 2 fully saturated rings. The molecule has 3 heterocycles. The summed E-state index contributed by atoms with van der Waals surface area (Å²) in [6.45, 7) is 8.09. The zero-order valence-corrected chi connectivity index (χ0v) is 12.6. The minimum Gasteiger partial charge on any atom is -0.352 e. The van der Waals surface area contributed by atoms with E-state index in [1.165, 1.54) is 55.7 Å². The van der Waals surface area contributed by atoms with Gasteiger partial charge in [0.15, 0.2) is 0 Å². The van der Waals surface area contributed by atoms with Crippen LogP contribution in [0.25, 0.3) is 0 Å². The molecule has 19 heavy (non-hydrogen) atoms. The topological polar surface area (TPSA) is 20.2 Å².